The van der Waals surface area contributed by atoms with Crippen LogP contribution in [0.15, 0.2) is 27.8 Å². The van der Waals surface area contributed by atoms with Crippen LogP contribution in [0.25, 0.3) is 0 Å². The van der Waals surface area contributed by atoms with Crippen molar-refractivity contribution in [1.82, 2.24) is 20.0 Å². The number of ether oxygens (including phenoxy) is 1. The van der Waals surface area contributed by atoms with Gasteiger partial charge in [0.1, 0.15) is 0 Å². The Balaban J connectivity index is 0.00000338. The molecule has 0 atom stereocenters. The van der Waals surface area contributed by atoms with E-state index in [4.69, 9.17) is 9.15 Å². The molecular formula is C17H30IN5O3. The molecule has 0 radical (unpaired) electrons. The summed E-state index contributed by atoms with van der Waals surface area (Å²) in [5.41, 5.74) is 0. The number of guanidine groups is 1. The molecule has 0 saturated carbocycles. The maximum Gasteiger partial charge on any atom is 0.289 e. The number of carbonyl (C=O) groups excluding carboxylic acids is 1. The van der Waals surface area contributed by atoms with Gasteiger partial charge in [-0.1, -0.05) is 0 Å². The van der Waals surface area contributed by atoms with E-state index in [0.29, 0.717) is 18.8 Å². The Labute approximate surface area is 172 Å². The smallest absolute Gasteiger partial charge is 0.289 e. The summed E-state index contributed by atoms with van der Waals surface area (Å²) in [5, 5.41) is 3.39. The van der Waals surface area contributed by atoms with Crippen molar-refractivity contribution in [3.05, 3.63) is 24.2 Å². The summed E-state index contributed by atoms with van der Waals surface area (Å²) < 4.78 is 10.3. The zero-order chi connectivity index (χ0) is 18.1. The van der Waals surface area contributed by atoms with Crippen molar-refractivity contribution in [3.8, 4) is 0 Å². The second-order valence-corrected chi connectivity index (χ2v) is 6.03. The Bertz CT molecular complexity index is 545. The summed E-state index contributed by atoms with van der Waals surface area (Å²) in [6.07, 6.45) is 1.53. The number of rotatable bonds is 7. The fourth-order valence-corrected chi connectivity index (χ4v) is 2.73. The molecule has 1 aliphatic heterocycles. The van der Waals surface area contributed by atoms with Crippen molar-refractivity contribution in [2.75, 3.05) is 73.6 Å². The highest BCUT2D eigenvalue weighted by atomic mass is 127. The summed E-state index contributed by atoms with van der Waals surface area (Å²) in [7, 11) is 5.57. The van der Waals surface area contributed by atoms with Gasteiger partial charge in [-0.25, -0.2) is 0 Å². The van der Waals surface area contributed by atoms with Crippen molar-refractivity contribution >= 4 is 35.8 Å². The summed E-state index contributed by atoms with van der Waals surface area (Å²) >= 11 is 0. The van der Waals surface area contributed by atoms with Crippen LogP contribution in [0.1, 0.15) is 10.6 Å². The molecule has 1 fully saturated rings. The van der Waals surface area contributed by atoms with Crippen molar-refractivity contribution in [2.24, 2.45) is 4.99 Å². The molecule has 0 aliphatic carbocycles. The molecular weight excluding hydrogens is 449 g/mol. The number of furan rings is 1. The van der Waals surface area contributed by atoms with Gasteiger partial charge in [0.15, 0.2) is 11.7 Å². The number of amides is 1. The quantitative estimate of drug-likeness (QED) is 0.355. The van der Waals surface area contributed by atoms with Gasteiger partial charge in [-0.2, -0.15) is 0 Å². The number of hydrogen-bond acceptors (Lipinski definition) is 5. The van der Waals surface area contributed by atoms with Crippen molar-refractivity contribution in [2.45, 2.75) is 0 Å². The number of aliphatic imine (C=N–C) groups is 1. The number of piperazine rings is 1. The molecule has 1 saturated heterocycles. The Morgan fingerprint density at radius 3 is 2.58 bits per heavy atom. The molecule has 1 aromatic rings. The summed E-state index contributed by atoms with van der Waals surface area (Å²) in [4.78, 5) is 22.9. The van der Waals surface area contributed by atoms with Crippen molar-refractivity contribution in [1.29, 1.82) is 0 Å². The number of carbonyl (C=O) groups is 1. The van der Waals surface area contributed by atoms with E-state index in [1.54, 1.807) is 26.3 Å². The van der Waals surface area contributed by atoms with Crippen molar-refractivity contribution < 1.29 is 13.9 Å². The van der Waals surface area contributed by atoms with Gasteiger partial charge >= 0.3 is 0 Å². The third-order valence-electron chi connectivity index (χ3n) is 4.26. The zero-order valence-electron chi connectivity index (χ0n) is 15.8. The van der Waals surface area contributed by atoms with Crippen LogP contribution in [0.2, 0.25) is 0 Å². The Hall–Kier alpha value is -1.33. The molecule has 8 nitrogen and oxygen atoms in total. The first-order valence-corrected chi connectivity index (χ1v) is 8.61. The molecule has 0 spiro atoms. The average Bonchev–Trinajstić information content (AvgIpc) is 3.18. The predicted molar refractivity (Wildman–Crippen MR) is 112 cm³/mol. The van der Waals surface area contributed by atoms with Gasteiger partial charge in [-0.15, -0.1) is 24.0 Å². The van der Waals surface area contributed by atoms with E-state index >= 15 is 0 Å². The first kappa shape index (κ1) is 22.7. The fraction of sp³-hybridized carbons (Fsp3) is 0.647. The molecule has 1 N–H and O–H groups in total. The largest absolute Gasteiger partial charge is 0.459 e. The number of hydrogen-bond donors (Lipinski definition) is 1. The summed E-state index contributed by atoms with van der Waals surface area (Å²) in [6.45, 7) is 6.21. The molecule has 1 aliphatic rings. The number of halogens is 1. The SMILES string of the molecule is CN=C(NCCN(C)CCOC)N1CCN(C(=O)c2ccco2)CC1.I. The minimum atomic E-state index is -0.0487. The van der Waals surface area contributed by atoms with Crippen LogP contribution in [0.5, 0.6) is 0 Å². The van der Waals surface area contributed by atoms with Gasteiger partial charge < -0.3 is 29.2 Å². The van der Waals surface area contributed by atoms with Gasteiger partial charge in [0.25, 0.3) is 5.91 Å². The lowest BCUT2D eigenvalue weighted by Gasteiger charge is -2.36. The van der Waals surface area contributed by atoms with Gasteiger partial charge in [-0.05, 0) is 19.2 Å². The lowest BCUT2D eigenvalue weighted by atomic mass is 10.3. The molecule has 26 heavy (non-hydrogen) atoms. The summed E-state index contributed by atoms with van der Waals surface area (Å²) in [6, 6.07) is 3.44. The number of nitrogens with zero attached hydrogens (tertiary/aromatic N) is 4. The second-order valence-electron chi connectivity index (χ2n) is 6.03. The summed E-state index contributed by atoms with van der Waals surface area (Å²) in [5.74, 6) is 1.23. The monoisotopic (exact) mass is 479 g/mol. The van der Waals surface area contributed by atoms with Crippen LogP contribution < -0.4 is 5.32 Å². The first-order valence-electron chi connectivity index (χ1n) is 8.61. The zero-order valence-corrected chi connectivity index (χ0v) is 18.1. The van der Waals surface area contributed by atoms with Gasteiger partial charge in [0, 0.05) is 60.0 Å². The average molecular weight is 479 g/mol. The second kappa shape index (κ2) is 12.1. The van der Waals surface area contributed by atoms with Crippen LogP contribution in [-0.2, 0) is 4.74 Å². The van der Waals surface area contributed by atoms with Gasteiger partial charge in [0.05, 0.1) is 12.9 Å². The Morgan fingerprint density at radius 1 is 1.31 bits per heavy atom. The third kappa shape index (κ3) is 6.76. The molecule has 9 heteroatoms. The minimum Gasteiger partial charge on any atom is -0.459 e. The van der Waals surface area contributed by atoms with Crippen LogP contribution >= 0.6 is 24.0 Å². The minimum absolute atomic E-state index is 0. The van der Waals surface area contributed by atoms with E-state index in [-0.39, 0.29) is 29.9 Å². The number of nitrogens with one attached hydrogen (secondary N) is 1. The van der Waals surface area contributed by atoms with E-state index in [1.165, 1.54) is 6.26 Å². The maximum atomic E-state index is 12.3. The normalized spacial score (nSPS) is 15.2. The van der Waals surface area contributed by atoms with E-state index in [2.05, 4.69) is 27.2 Å². The molecule has 1 aromatic heterocycles. The predicted octanol–water partition coefficient (Wildman–Crippen LogP) is 0.809. The molecule has 1 amide bonds. The third-order valence-corrected chi connectivity index (χ3v) is 4.26. The first-order chi connectivity index (χ1) is 12.2. The molecule has 0 bridgehead atoms. The standard InChI is InChI=1S/C17H29N5O3.HI/c1-18-17(19-6-7-20(2)12-14-24-3)22-10-8-21(9-11-22)16(23)15-5-4-13-25-15;/h4-5,13H,6-12,14H2,1-3H3,(H,18,19);1H. The van der Waals surface area contributed by atoms with Gasteiger partial charge in [-0.3, -0.25) is 9.79 Å². The molecule has 148 valence electrons. The van der Waals surface area contributed by atoms with E-state index in [0.717, 1.165) is 45.3 Å². The highest BCUT2D eigenvalue weighted by Gasteiger charge is 2.25. The van der Waals surface area contributed by atoms with E-state index < -0.39 is 0 Å². The number of methoxy groups -OCH3 is 1. The lowest BCUT2D eigenvalue weighted by Crippen LogP contribution is -2.54. The highest BCUT2D eigenvalue weighted by molar-refractivity contribution is 14.0. The highest BCUT2D eigenvalue weighted by Crippen LogP contribution is 2.09. The van der Waals surface area contributed by atoms with Gasteiger partial charge in [0.2, 0.25) is 0 Å². The lowest BCUT2D eigenvalue weighted by molar-refractivity contribution is 0.0657. The molecule has 0 unspecified atom stereocenters. The molecule has 0 aromatic carbocycles. The van der Waals surface area contributed by atoms with Crippen LogP contribution in [0.3, 0.4) is 0 Å². The number of likely N-dealkylation sites (N-methyl/N-ethyl adjacent to an activating group) is 1. The molecule has 2 heterocycles. The van der Waals surface area contributed by atoms with E-state index in [9.17, 15) is 4.79 Å². The fourth-order valence-electron chi connectivity index (χ4n) is 2.73. The van der Waals surface area contributed by atoms with Crippen LogP contribution in [-0.4, -0.2) is 100 Å². The molecule has 2 rings (SSSR count). The van der Waals surface area contributed by atoms with Crippen LogP contribution in [0, 0.1) is 0 Å². The Kier molecular flexibility index (Phi) is 10.6. The van der Waals surface area contributed by atoms with Crippen molar-refractivity contribution in [3.63, 3.8) is 0 Å². The van der Waals surface area contributed by atoms with Crippen LogP contribution in [0.4, 0.5) is 0 Å². The van der Waals surface area contributed by atoms with E-state index in [1.807, 2.05) is 4.90 Å². The maximum absolute atomic E-state index is 12.3. The topological polar surface area (TPSA) is 73.6 Å². The Morgan fingerprint density at radius 2 is 2.00 bits per heavy atom.